The Morgan fingerprint density at radius 3 is 2.38 bits per heavy atom. The Balaban J connectivity index is 2.33. The van der Waals surface area contributed by atoms with Crippen LogP contribution in [0.3, 0.4) is 0 Å². The molecule has 26 heavy (non-hydrogen) atoms. The molecule has 3 N–H and O–H groups in total. The van der Waals surface area contributed by atoms with Crippen molar-refractivity contribution >= 4 is 40.1 Å². The van der Waals surface area contributed by atoms with E-state index in [0.29, 0.717) is 18.4 Å². The van der Waals surface area contributed by atoms with E-state index in [1.165, 1.54) is 0 Å². The van der Waals surface area contributed by atoms with Crippen LogP contribution in [0.4, 0.5) is 5.00 Å². The maximum Gasteiger partial charge on any atom is 0.341 e. The Hall–Kier alpha value is -2.42. The summed E-state index contributed by atoms with van der Waals surface area (Å²) in [5, 5.41) is 14.0. The monoisotopic (exact) mass is 381 g/mol. The zero-order chi connectivity index (χ0) is 19.4. The lowest BCUT2D eigenvalue weighted by atomic mass is 9.79. The van der Waals surface area contributed by atoms with Crippen LogP contribution >= 0.6 is 11.3 Å². The summed E-state index contributed by atoms with van der Waals surface area (Å²) in [5.74, 6) is -4.78. The Bertz CT molecular complexity index is 742. The smallest absolute Gasteiger partial charge is 0.341 e. The highest BCUT2D eigenvalue weighted by Gasteiger charge is 2.33. The predicted molar refractivity (Wildman–Crippen MR) is 92.6 cm³/mol. The van der Waals surface area contributed by atoms with Crippen LogP contribution in [0.1, 0.15) is 58.2 Å². The lowest BCUT2D eigenvalue weighted by Gasteiger charge is -2.31. The minimum atomic E-state index is -1.25. The molecular weight excluding hydrogens is 360 g/mol. The minimum Gasteiger partial charge on any atom is -0.550 e. The normalized spacial score (nSPS) is 19.6. The van der Waals surface area contributed by atoms with E-state index in [1.54, 1.807) is 13.8 Å². The highest BCUT2D eigenvalue weighted by atomic mass is 32.1. The standard InChI is InChI=1S/C17H22N2O6S/c1-3-25-17(24)11-8(2)12(13(18)20)26-15(11)19-14(21)9-6-4-5-7-10(9)16(22)23/h9-10H,3-7H2,1-2H3,(H2,18,20)(H,19,21)(H,22,23)/p-1. The fourth-order valence-corrected chi connectivity index (χ4v) is 4.27. The highest BCUT2D eigenvalue weighted by molar-refractivity contribution is 7.18. The summed E-state index contributed by atoms with van der Waals surface area (Å²) < 4.78 is 4.99. The molecule has 2 rings (SSSR count). The van der Waals surface area contributed by atoms with Gasteiger partial charge < -0.3 is 25.7 Å². The Kier molecular flexibility index (Phi) is 6.36. The number of carbonyl (C=O) groups is 4. The van der Waals surface area contributed by atoms with E-state index in [2.05, 4.69) is 5.32 Å². The summed E-state index contributed by atoms with van der Waals surface area (Å²) in [6.45, 7) is 3.31. The third-order valence-corrected chi connectivity index (χ3v) is 5.71. The molecule has 2 unspecified atom stereocenters. The van der Waals surface area contributed by atoms with E-state index < -0.39 is 35.6 Å². The molecule has 1 heterocycles. The van der Waals surface area contributed by atoms with E-state index in [9.17, 15) is 24.3 Å². The fraction of sp³-hybridized carbons (Fsp3) is 0.529. The molecule has 9 heteroatoms. The second kappa shape index (κ2) is 8.31. The van der Waals surface area contributed by atoms with Crippen LogP contribution in [0, 0.1) is 18.8 Å². The van der Waals surface area contributed by atoms with Crippen LogP contribution in [0.15, 0.2) is 0 Å². The molecular formula is C17H21N2O6S-. The summed E-state index contributed by atoms with van der Waals surface area (Å²) in [5.41, 5.74) is 5.73. The average Bonchev–Trinajstić information content (AvgIpc) is 2.91. The van der Waals surface area contributed by atoms with Gasteiger partial charge in [-0.1, -0.05) is 12.8 Å². The van der Waals surface area contributed by atoms with Crippen molar-refractivity contribution in [3.05, 3.63) is 16.0 Å². The van der Waals surface area contributed by atoms with Crippen molar-refractivity contribution in [1.82, 2.24) is 0 Å². The molecule has 1 aromatic rings. The number of anilines is 1. The molecule has 1 aliphatic rings. The molecule has 1 fully saturated rings. The quantitative estimate of drug-likeness (QED) is 0.700. The fourth-order valence-electron chi connectivity index (χ4n) is 3.22. The van der Waals surface area contributed by atoms with Crippen LogP contribution in [0.5, 0.6) is 0 Å². The predicted octanol–water partition coefficient (Wildman–Crippen LogP) is 0.827. The first-order valence-corrected chi connectivity index (χ1v) is 9.21. The van der Waals surface area contributed by atoms with Crippen LogP contribution in [0.25, 0.3) is 0 Å². The number of hydrogen-bond acceptors (Lipinski definition) is 7. The van der Waals surface area contributed by atoms with Crippen molar-refractivity contribution in [2.24, 2.45) is 17.6 Å². The lowest BCUT2D eigenvalue weighted by molar-refractivity contribution is -0.313. The Labute approximate surface area is 154 Å². The number of primary amides is 1. The van der Waals surface area contributed by atoms with Crippen molar-refractivity contribution in [2.75, 3.05) is 11.9 Å². The van der Waals surface area contributed by atoms with Gasteiger partial charge in [-0.3, -0.25) is 9.59 Å². The molecule has 0 radical (unpaired) electrons. The number of ether oxygens (including phenoxy) is 1. The van der Waals surface area contributed by atoms with E-state index in [0.717, 1.165) is 24.2 Å². The van der Waals surface area contributed by atoms with Gasteiger partial charge in [0.1, 0.15) is 5.00 Å². The number of nitrogens with one attached hydrogen (secondary N) is 1. The first-order chi connectivity index (χ1) is 12.3. The summed E-state index contributed by atoms with van der Waals surface area (Å²) in [4.78, 5) is 47.9. The number of carboxylic acids is 1. The third-order valence-electron chi connectivity index (χ3n) is 4.49. The molecule has 1 saturated carbocycles. The molecule has 0 aromatic carbocycles. The van der Waals surface area contributed by atoms with Crippen molar-refractivity contribution in [3.63, 3.8) is 0 Å². The van der Waals surface area contributed by atoms with Crippen LogP contribution in [-0.4, -0.2) is 30.4 Å². The molecule has 142 valence electrons. The summed E-state index contributed by atoms with van der Waals surface area (Å²) >= 11 is 0.880. The molecule has 0 spiro atoms. The van der Waals surface area contributed by atoms with Crippen molar-refractivity contribution in [2.45, 2.75) is 39.5 Å². The van der Waals surface area contributed by atoms with Crippen LogP contribution in [0.2, 0.25) is 0 Å². The van der Waals surface area contributed by atoms with Crippen molar-refractivity contribution in [3.8, 4) is 0 Å². The summed E-state index contributed by atoms with van der Waals surface area (Å²) in [6, 6.07) is 0. The maximum absolute atomic E-state index is 12.6. The lowest BCUT2D eigenvalue weighted by Crippen LogP contribution is -2.42. The second-order valence-corrected chi connectivity index (χ2v) is 7.17. The molecule has 2 amide bonds. The Morgan fingerprint density at radius 2 is 1.85 bits per heavy atom. The summed E-state index contributed by atoms with van der Waals surface area (Å²) in [6.07, 6.45) is 2.26. The van der Waals surface area contributed by atoms with Crippen molar-refractivity contribution in [1.29, 1.82) is 0 Å². The molecule has 0 bridgehead atoms. The van der Waals surface area contributed by atoms with Gasteiger partial charge >= 0.3 is 5.97 Å². The number of rotatable bonds is 6. The number of thiophene rings is 1. The molecule has 8 nitrogen and oxygen atoms in total. The summed E-state index contributed by atoms with van der Waals surface area (Å²) in [7, 11) is 0. The Morgan fingerprint density at radius 1 is 1.23 bits per heavy atom. The number of aliphatic carboxylic acids is 1. The van der Waals surface area contributed by atoms with Gasteiger partial charge in [-0.2, -0.15) is 0 Å². The number of amides is 2. The largest absolute Gasteiger partial charge is 0.550 e. The van der Waals surface area contributed by atoms with Gasteiger partial charge in [0.15, 0.2) is 0 Å². The van der Waals surface area contributed by atoms with Gasteiger partial charge in [0.05, 0.1) is 17.0 Å². The number of carbonyl (C=O) groups excluding carboxylic acids is 4. The van der Waals surface area contributed by atoms with Crippen molar-refractivity contribution < 1.29 is 29.0 Å². The SMILES string of the molecule is CCOC(=O)c1c(NC(=O)C2CCCCC2C(=O)[O-])sc(C(N)=O)c1C. The van der Waals surface area contributed by atoms with Crippen LogP contribution in [-0.2, 0) is 14.3 Å². The molecule has 1 aromatic heterocycles. The van der Waals surface area contributed by atoms with Gasteiger partial charge in [-0.25, -0.2) is 4.79 Å². The minimum absolute atomic E-state index is 0.0693. The molecule has 1 aliphatic carbocycles. The van der Waals surface area contributed by atoms with Crippen LogP contribution < -0.4 is 16.2 Å². The van der Waals surface area contributed by atoms with E-state index in [1.807, 2.05) is 0 Å². The third kappa shape index (κ3) is 4.04. The van der Waals surface area contributed by atoms with Gasteiger partial charge in [0.2, 0.25) is 5.91 Å². The molecule has 0 saturated heterocycles. The van der Waals surface area contributed by atoms with E-state index in [-0.39, 0.29) is 22.0 Å². The van der Waals surface area contributed by atoms with Gasteiger partial charge in [-0.15, -0.1) is 11.3 Å². The number of carboxylic acid groups (broad SMARTS) is 1. The van der Waals surface area contributed by atoms with Gasteiger partial charge in [0, 0.05) is 17.8 Å². The second-order valence-electron chi connectivity index (χ2n) is 6.15. The number of esters is 1. The molecule has 0 aliphatic heterocycles. The number of hydrogen-bond donors (Lipinski definition) is 2. The van der Waals surface area contributed by atoms with E-state index in [4.69, 9.17) is 10.5 Å². The number of nitrogens with two attached hydrogens (primary N) is 1. The average molecular weight is 381 g/mol. The van der Waals surface area contributed by atoms with Gasteiger partial charge in [-0.05, 0) is 32.3 Å². The first-order valence-electron chi connectivity index (χ1n) is 8.39. The zero-order valence-electron chi connectivity index (χ0n) is 14.6. The molecule has 2 atom stereocenters. The highest BCUT2D eigenvalue weighted by Crippen LogP contribution is 2.36. The zero-order valence-corrected chi connectivity index (χ0v) is 15.4. The maximum atomic E-state index is 12.6. The van der Waals surface area contributed by atoms with Gasteiger partial charge in [0.25, 0.3) is 5.91 Å². The van der Waals surface area contributed by atoms with E-state index >= 15 is 0 Å². The first kappa shape index (κ1) is 19.9. The topological polar surface area (TPSA) is 139 Å².